The first kappa shape index (κ1) is 19.8. The molecule has 0 saturated heterocycles. The number of benzene rings is 1. The lowest BCUT2D eigenvalue weighted by Crippen LogP contribution is -2.49. The summed E-state index contributed by atoms with van der Waals surface area (Å²) >= 11 is 0. The van der Waals surface area contributed by atoms with Gasteiger partial charge in [0.2, 0.25) is 0 Å². The zero-order chi connectivity index (χ0) is 18.5. The Balaban J connectivity index is 2.79. The maximum Gasteiger partial charge on any atom is 0.313 e. The van der Waals surface area contributed by atoms with E-state index in [2.05, 4.69) is 31.4 Å². The zero-order valence-electron chi connectivity index (χ0n) is 15.6. The SMILES string of the molecule is COc1ccc(NC(=O)C(=O)NC(C)(C)CC(C)(C)C)c(OC)c1. The molecule has 0 spiro atoms. The molecule has 6 heteroatoms. The first-order valence-electron chi connectivity index (χ1n) is 7.83. The largest absolute Gasteiger partial charge is 0.497 e. The fraction of sp³-hybridized carbons (Fsp3) is 0.556. The maximum atomic E-state index is 12.2. The van der Waals surface area contributed by atoms with Crippen molar-refractivity contribution < 1.29 is 19.1 Å². The number of anilines is 1. The van der Waals surface area contributed by atoms with Crippen LogP contribution in [-0.2, 0) is 9.59 Å². The summed E-state index contributed by atoms with van der Waals surface area (Å²) in [7, 11) is 3.02. The van der Waals surface area contributed by atoms with Crippen molar-refractivity contribution in [2.45, 2.75) is 46.6 Å². The Kier molecular flexibility index (Phi) is 6.23. The number of carbonyl (C=O) groups is 2. The summed E-state index contributed by atoms with van der Waals surface area (Å²) in [6.07, 6.45) is 0.741. The standard InChI is InChI=1S/C18H28N2O4/c1-17(2,3)11-18(4,5)20-16(22)15(21)19-13-9-8-12(23-6)10-14(13)24-7/h8-10H,11H2,1-7H3,(H,19,21)(H,20,22). The summed E-state index contributed by atoms with van der Waals surface area (Å²) in [5, 5.41) is 5.34. The second-order valence-electron chi connectivity index (χ2n) is 7.60. The number of methoxy groups -OCH3 is 2. The molecule has 0 unspecified atom stereocenters. The molecule has 2 N–H and O–H groups in total. The molecule has 2 amide bonds. The second kappa shape index (κ2) is 7.55. The van der Waals surface area contributed by atoms with Crippen molar-refractivity contribution in [3.8, 4) is 11.5 Å². The lowest BCUT2D eigenvalue weighted by atomic mass is 9.82. The van der Waals surface area contributed by atoms with Crippen molar-refractivity contribution in [1.29, 1.82) is 0 Å². The van der Waals surface area contributed by atoms with Gasteiger partial charge in [-0.1, -0.05) is 20.8 Å². The highest BCUT2D eigenvalue weighted by atomic mass is 16.5. The van der Waals surface area contributed by atoms with Crippen molar-refractivity contribution in [2.75, 3.05) is 19.5 Å². The van der Waals surface area contributed by atoms with Gasteiger partial charge < -0.3 is 20.1 Å². The Labute approximate surface area is 143 Å². The number of nitrogens with one attached hydrogen (secondary N) is 2. The molecule has 0 aliphatic carbocycles. The van der Waals surface area contributed by atoms with Crippen molar-refractivity contribution in [3.63, 3.8) is 0 Å². The zero-order valence-corrected chi connectivity index (χ0v) is 15.6. The van der Waals surface area contributed by atoms with Crippen molar-refractivity contribution in [3.05, 3.63) is 18.2 Å². The number of rotatable bonds is 5. The second-order valence-corrected chi connectivity index (χ2v) is 7.60. The van der Waals surface area contributed by atoms with Crippen LogP contribution < -0.4 is 20.1 Å². The van der Waals surface area contributed by atoms with Gasteiger partial charge in [-0.25, -0.2) is 0 Å². The molecule has 0 aliphatic rings. The van der Waals surface area contributed by atoms with Crippen LogP contribution in [0.15, 0.2) is 18.2 Å². The van der Waals surface area contributed by atoms with Gasteiger partial charge in [0.15, 0.2) is 0 Å². The fourth-order valence-electron chi connectivity index (χ4n) is 2.81. The number of hydrogen-bond donors (Lipinski definition) is 2. The lowest BCUT2D eigenvalue weighted by Gasteiger charge is -2.33. The summed E-state index contributed by atoms with van der Waals surface area (Å²) in [6, 6.07) is 4.94. The molecule has 1 rings (SSSR count). The first-order chi connectivity index (χ1) is 11.0. The predicted octanol–water partition coefficient (Wildman–Crippen LogP) is 2.97. The molecule has 0 atom stereocenters. The molecule has 0 heterocycles. The Bertz CT molecular complexity index is 604. The molecule has 6 nitrogen and oxygen atoms in total. The van der Waals surface area contributed by atoms with Gasteiger partial charge in [-0.05, 0) is 37.8 Å². The highest BCUT2D eigenvalue weighted by Gasteiger charge is 2.29. The molecule has 0 fully saturated rings. The van der Waals surface area contributed by atoms with Gasteiger partial charge in [0.1, 0.15) is 11.5 Å². The minimum atomic E-state index is -0.736. The predicted molar refractivity (Wildman–Crippen MR) is 94.5 cm³/mol. The van der Waals surface area contributed by atoms with E-state index in [1.807, 2.05) is 13.8 Å². The van der Waals surface area contributed by atoms with E-state index in [-0.39, 0.29) is 5.41 Å². The number of amides is 2. The highest BCUT2D eigenvalue weighted by Crippen LogP contribution is 2.29. The Morgan fingerprint density at radius 3 is 2.12 bits per heavy atom. The number of hydrogen-bond acceptors (Lipinski definition) is 4. The van der Waals surface area contributed by atoms with Gasteiger partial charge in [-0.3, -0.25) is 9.59 Å². The van der Waals surface area contributed by atoms with E-state index in [0.29, 0.717) is 17.2 Å². The minimum absolute atomic E-state index is 0.0342. The van der Waals surface area contributed by atoms with E-state index >= 15 is 0 Å². The van der Waals surface area contributed by atoms with Gasteiger partial charge in [-0.15, -0.1) is 0 Å². The van der Waals surface area contributed by atoms with E-state index in [0.717, 1.165) is 6.42 Å². The van der Waals surface area contributed by atoms with E-state index < -0.39 is 17.4 Å². The summed E-state index contributed by atoms with van der Waals surface area (Å²) in [5.41, 5.74) is -0.0459. The van der Waals surface area contributed by atoms with Crippen LogP contribution in [0.1, 0.15) is 41.0 Å². The smallest absolute Gasteiger partial charge is 0.313 e. The van der Waals surface area contributed by atoms with Gasteiger partial charge in [-0.2, -0.15) is 0 Å². The lowest BCUT2D eigenvalue weighted by molar-refractivity contribution is -0.137. The van der Waals surface area contributed by atoms with E-state index in [1.165, 1.54) is 14.2 Å². The normalized spacial score (nSPS) is 11.6. The summed E-state index contributed by atoms with van der Waals surface area (Å²) in [6.45, 7) is 10.1. The van der Waals surface area contributed by atoms with Crippen LogP contribution >= 0.6 is 0 Å². The molecule has 0 aliphatic heterocycles. The maximum absolute atomic E-state index is 12.2. The monoisotopic (exact) mass is 336 g/mol. The first-order valence-corrected chi connectivity index (χ1v) is 7.83. The quantitative estimate of drug-likeness (QED) is 0.811. The molecule has 134 valence electrons. The highest BCUT2D eigenvalue weighted by molar-refractivity contribution is 6.40. The Morgan fingerprint density at radius 2 is 1.62 bits per heavy atom. The third kappa shape index (κ3) is 6.10. The van der Waals surface area contributed by atoms with Crippen LogP contribution in [0.2, 0.25) is 0 Å². The molecule has 0 bridgehead atoms. The average molecular weight is 336 g/mol. The Hall–Kier alpha value is -2.24. The molecule has 1 aromatic rings. The van der Waals surface area contributed by atoms with Gasteiger partial charge in [0.05, 0.1) is 19.9 Å². The van der Waals surface area contributed by atoms with Gasteiger partial charge >= 0.3 is 11.8 Å². The molecule has 0 aromatic heterocycles. The fourth-order valence-corrected chi connectivity index (χ4v) is 2.81. The van der Waals surface area contributed by atoms with E-state index in [4.69, 9.17) is 9.47 Å². The Morgan fingerprint density at radius 1 is 1.00 bits per heavy atom. The van der Waals surface area contributed by atoms with Crippen molar-refractivity contribution in [2.24, 2.45) is 5.41 Å². The molecule has 1 aromatic carbocycles. The molecule has 0 saturated carbocycles. The summed E-state index contributed by atoms with van der Waals surface area (Å²) in [4.78, 5) is 24.4. The number of carbonyl (C=O) groups excluding carboxylic acids is 2. The van der Waals surface area contributed by atoms with Crippen LogP contribution in [0, 0.1) is 5.41 Å². The molecular weight excluding hydrogens is 308 g/mol. The van der Waals surface area contributed by atoms with Crippen molar-refractivity contribution in [1.82, 2.24) is 5.32 Å². The summed E-state index contributed by atoms with van der Waals surface area (Å²) in [5.74, 6) is -0.396. The van der Waals surface area contributed by atoms with Gasteiger partial charge in [0, 0.05) is 11.6 Å². The third-order valence-corrected chi connectivity index (χ3v) is 3.29. The molecule has 24 heavy (non-hydrogen) atoms. The third-order valence-electron chi connectivity index (χ3n) is 3.29. The van der Waals surface area contributed by atoms with Crippen LogP contribution in [0.25, 0.3) is 0 Å². The van der Waals surface area contributed by atoms with E-state index in [9.17, 15) is 9.59 Å². The van der Waals surface area contributed by atoms with E-state index in [1.54, 1.807) is 18.2 Å². The topological polar surface area (TPSA) is 76.7 Å². The van der Waals surface area contributed by atoms with Crippen LogP contribution in [-0.4, -0.2) is 31.6 Å². The van der Waals surface area contributed by atoms with Crippen LogP contribution in [0.4, 0.5) is 5.69 Å². The minimum Gasteiger partial charge on any atom is -0.497 e. The van der Waals surface area contributed by atoms with Crippen LogP contribution in [0.3, 0.4) is 0 Å². The molecule has 0 radical (unpaired) electrons. The number of ether oxygens (including phenoxy) is 2. The van der Waals surface area contributed by atoms with Crippen LogP contribution in [0.5, 0.6) is 11.5 Å². The van der Waals surface area contributed by atoms with Gasteiger partial charge in [0.25, 0.3) is 0 Å². The average Bonchev–Trinajstić information content (AvgIpc) is 2.44. The summed E-state index contributed by atoms with van der Waals surface area (Å²) < 4.78 is 10.3. The molecular formula is C18H28N2O4. The van der Waals surface area contributed by atoms with Crippen molar-refractivity contribution >= 4 is 17.5 Å².